The van der Waals surface area contributed by atoms with Crippen LogP contribution >= 0.6 is 15.9 Å². The summed E-state index contributed by atoms with van der Waals surface area (Å²) in [4.78, 5) is 25.7. The number of halogens is 1. The van der Waals surface area contributed by atoms with Gasteiger partial charge in [0.15, 0.2) is 0 Å². The van der Waals surface area contributed by atoms with E-state index in [1.165, 1.54) is 4.90 Å². The summed E-state index contributed by atoms with van der Waals surface area (Å²) in [5, 5.41) is 3.14. The predicted molar refractivity (Wildman–Crippen MR) is 79.9 cm³/mol. The summed E-state index contributed by atoms with van der Waals surface area (Å²) in [6.45, 7) is 1.43. The van der Waals surface area contributed by atoms with Crippen molar-refractivity contribution in [3.63, 3.8) is 0 Å². The standard InChI is InChI=1S/C15H13BrN2O3/c16-10-3-4-12-13(8-10)15(20)18(14(12)19)6-5-17-9-11-2-1-7-21-11/h1-4,7-8,17H,5-6,9H2. The van der Waals surface area contributed by atoms with Gasteiger partial charge in [-0.2, -0.15) is 0 Å². The molecule has 21 heavy (non-hydrogen) atoms. The van der Waals surface area contributed by atoms with Crippen LogP contribution < -0.4 is 5.32 Å². The fourth-order valence-electron chi connectivity index (χ4n) is 2.28. The number of nitrogens with one attached hydrogen (secondary N) is 1. The summed E-state index contributed by atoms with van der Waals surface area (Å²) < 4.78 is 5.99. The third-order valence-corrected chi connectivity index (χ3v) is 3.82. The van der Waals surface area contributed by atoms with E-state index in [9.17, 15) is 9.59 Å². The minimum Gasteiger partial charge on any atom is -0.468 e. The molecule has 0 bridgehead atoms. The molecule has 0 saturated carbocycles. The molecule has 1 aromatic heterocycles. The third kappa shape index (κ3) is 2.77. The highest BCUT2D eigenvalue weighted by Crippen LogP contribution is 2.25. The third-order valence-electron chi connectivity index (χ3n) is 3.32. The highest BCUT2D eigenvalue weighted by atomic mass is 79.9. The topological polar surface area (TPSA) is 62.6 Å². The quantitative estimate of drug-likeness (QED) is 0.665. The van der Waals surface area contributed by atoms with Gasteiger partial charge in [0.1, 0.15) is 5.76 Å². The van der Waals surface area contributed by atoms with E-state index in [1.807, 2.05) is 12.1 Å². The summed E-state index contributed by atoms with van der Waals surface area (Å²) in [6.07, 6.45) is 1.61. The molecule has 1 aliphatic heterocycles. The summed E-state index contributed by atoms with van der Waals surface area (Å²) in [5.74, 6) is 0.347. The fourth-order valence-corrected chi connectivity index (χ4v) is 2.64. The molecular weight excluding hydrogens is 336 g/mol. The molecule has 0 saturated heterocycles. The van der Waals surface area contributed by atoms with Gasteiger partial charge in [0.2, 0.25) is 0 Å². The molecule has 3 rings (SSSR count). The number of nitrogens with zero attached hydrogens (tertiary/aromatic N) is 1. The van der Waals surface area contributed by atoms with E-state index in [2.05, 4.69) is 21.2 Å². The van der Waals surface area contributed by atoms with Crippen molar-refractivity contribution in [1.29, 1.82) is 0 Å². The molecule has 0 spiro atoms. The first-order chi connectivity index (χ1) is 10.2. The Balaban J connectivity index is 1.60. The monoisotopic (exact) mass is 348 g/mol. The van der Waals surface area contributed by atoms with E-state index in [0.717, 1.165) is 10.2 Å². The van der Waals surface area contributed by atoms with E-state index in [-0.39, 0.29) is 11.8 Å². The summed E-state index contributed by atoms with van der Waals surface area (Å²) in [6, 6.07) is 8.82. The van der Waals surface area contributed by atoms with Crippen LogP contribution in [0.2, 0.25) is 0 Å². The van der Waals surface area contributed by atoms with Crippen molar-refractivity contribution in [1.82, 2.24) is 10.2 Å². The first kappa shape index (κ1) is 14.0. The van der Waals surface area contributed by atoms with Gasteiger partial charge in [0.05, 0.1) is 23.9 Å². The maximum absolute atomic E-state index is 12.2. The van der Waals surface area contributed by atoms with Crippen molar-refractivity contribution in [3.05, 3.63) is 58.0 Å². The molecule has 1 N–H and O–H groups in total. The van der Waals surface area contributed by atoms with Crippen molar-refractivity contribution in [2.24, 2.45) is 0 Å². The van der Waals surface area contributed by atoms with Crippen molar-refractivity contribution >= 4 is 27.7 Å². The molecule has 0 unspecified atom stereocenters. The van der Waals surface area contributed by atoms with Gasteiger partial charge in [-0.15, -0.1) is 0 Å². The Kier molecular flexibility index (Phi) is 3.90. The predicted octanol–water partition coefficient (Wildman–Crippen LogP) is 2.43. The van der Waals surface area contributed by atoms with Gasteiger partial charge in [-0.3, -0.25) is 14.5 Å². The number of fused-ring (bicyclic) bond motifs is 1. The van der Waals surface area contributed by atoms with Crippen LogP contribution in [0.5, 0.6) is 0 Å². The number of carbonyl (C=O) groups excluding carboxylic acids is 2. The number of carbonyl (C=O) groups is 2. The van der Waals surface area contributed by atoms with E-state index >= 15 is 0 Å². The zero-order chi connectivity index (χ0) is 14.8. The molecule has 1 aromatic carbocycles. The zero-order valence-corrected chi connectivity index (χ0v) is 12.7. The Morgan fingerprint density at radius 2 is 1.95 bits per heavy atom. The van der Waals surface area contributed by atoms with Crippen LogP contribution in [0.4, 0.5) is 0 Å². The fraction of sp³-hybridized carbons (Fsp3) is 0.200. The molecule has 0 radical (unpaired) electrons. The molecule has 0 fully saturated rings. The van der Waals surface area contributed by atoms with E-state index in [0.29, 0.717) is 30.8 Å². The molecule has 6 heteroatoms. The lowest BCUT2D eigenvalue weighted by molar-refractivity contribution is 0.0655. The minimum atomic E-state index is -0.240. The molecular formula is C15H13BrN2O3. The van der Waals surface area contributed by atoms with Gasteiger partial charge in [-0.05, 0) is 30.3 Å². The summed E-state index contributed by atoms with van der Waals surface area (Å²) in [7, 11) is 0. The van der Waals surface area contributed by atoms with Gasteiger partial charge >= 0.3 is 0 Å². The first-order valence-corrected chi connectivity index (χ1v) is 7.35. The van der Waals surface area contributed by atoms with Crippen molar-refractivity contribution < 1.29 is 14.0 Å². The SMILES string of the molecule is O=C1c2ccc(Br)cc2C(=O)N1CCNCc1ccco1. The lowest BCUT2D eigenvalue weighted by atomic mass is 10.1. The molecule has 1 aliphatic rings. The van der Waals surface area contributed by atoms with Gasteiger partial charge < -0.3 is 9.73 Å². The maximum Gasteiger partial charge on any atom is 0.261 e. The number of hydrogen-bond donors (Lipinski definition) is 1. The second kappa shape index (κ2) is 5.83. The van der Waals surface area contributed by atoms with Crippen LogP contribution in [0.3, 0.4) is 0 Å². The second-order valence-electron chi connectivity index (χ2n) is 4.71. The molecule has 0 aliphatic carbocycles. The number of amides is 2. The van der Waals surface area contributed by atoms with E-state index < -0.39 is 0 Å². The van der Waals surface area contributed by atoms with Crippen LogP contribution in [-0.4, -0.2) is 29.8 Å². The number of imide groups is 1. The number of rotatable bonds is 5. The van der Waals surface area contributed by atoms with Crippen LogP contribution in [-0.2, 0) is 6.54 Å². The largest absolute Gasteiger partial charge is 0.468 e. The Hall–Kier alpha value is -1.92. The number of hydrogen-bond acceptors (Lipinski definition) is 4. The molecule has 2 heterocycles. The highest BCUT2D eigenvalue weighted by molar-refractivity contribution is 9.10. The van der Waals surface area contributed by atoms with Crippen LogP contribution in [0.15, 0.2) is 45.5 Å². The smallest absolute Gasteiger partial charge is 0.261 e. The Morgan fingerprint density at radius 1 is 1.14 bits per heavy atom. The first-order valence-electron chi connectivity index (χ1n) is 6.55. The second-order valence-corrected chi connectivity index (χ2v) is 5.62. The van der Waals surface area contributed by atoms with Crippen LogP contribution in [0.25, 0.3) is 0 Å². The molecule has 5 nitrogen and oxygen atoms in total. The molecule has 0 atom stereocenters. The maximum atomic E-state index is 12.2. The highest BCUT2D eigenvalue weighted by Gasteiger charge is 2.34. The number of benzene rings is 1. The Bertz CT molecular complexity index is 682. The lowest BCUT2D eigenvalue weighted by Gasteiger charge is -2.13. The van der Waals surface area contributed by atoms with Gasteiger partial charge in [-0.1, -0.05) is 15.9 Å². The summed E-state index contributed by atoms with van der Waals surface area (Å²) in [5.41, 5.74) is 0.926. The van der Waals surface area contributed by atoms with Gasteiger partial charge in [0.25, 0.3) is 11.8 Å². The van der Waals surface area contributed by atoms with Crippen LogP contribution in [0.1, 0.15) is 26.5 Å². The normalized spacial score (nSPS) is 13.9. The molecule has 2 aromatic rings. The zero-order valence-electron chi connectivity index (χ0n) is 11.1. The Morgan fingerprint density at radius 3 is 2.71 bits per heavy atom. The average Bonchev–Trinajstić information content (AvgIpc) is 3.06. The molecule has 2 amide bonds. The number of furan rings is 1. The minimum absolute atomic E-state index is 0.234. The molecule has 108 valence electrons. The van der Waals surface area contributed by atoms with Crippen molar-refractivity contribution in [3.8, 4) is 0 Å². The average molecular weight is 349 g/mol. The van der Waals surface area contributed by atoms with Crippen molar-refractivity contribution in [2.45, 2.75) is 6.54 Å². The van der Waals surface area contributed by atoms with E-state index in [1.54, 1.807) is 24.5 Å². The Labute approximate surface area is 130 Å². The lowest BCUT2D eigenvalue weighted by Crippen LogP contribution is -2.36. The van der Waals surface area contributed by atoms with E-state index in [4.69, 9.17) is 4.42 Å². The van der Waals surface area contributed by atoms with Crippen LogP contribution in [0, 0.1) is 0 Å². The van der Waals surface area contributed by atoms with Gasteiger partial charge in [-0.25, -0.2) is 0 Å². The summed E-state index contributed by atoms with van der Waals surface area (Å²) >= 11 is 3.31. The van der Waals surface area contributed by atoms with Crippen molar-refractivity contribution in [2.75, 3.05) is 13.1 Å². The van der Waals surface area contributed by atoms with Gasteiger partial charge in [0, 0.05) is 17.6 Å².